The number of methoxy groups -OCH3 is 1. The maximum atomic E-state index is 12.4. The Morgan fingerprint density at radius 3 is 2.72 bits per heavy atom. The molecule has 0 radical (unpaired) electrons. The summed E-state index contributed by atoms with van der Waals surface area (Å²) in [5.74, 6) is -1.44. The van der Waals surface area contributed by atoms with E-state index in [1.54, 1.807) is 13.0 Å². The molecule has 2 heterocycles. The van der Waals surface area contributed by atoms with Crippen molar-refractivity contribution in [1.29, 1.82) is 0 Å². The molecule has 3 rings (SSSR count). The minimum absolute atomic E-state index is 0.0697. The largest absolute Gasteiger partial charge is 0.495 e. The molecule has 150 valence electrons. The molecule has 2 aromatic heterocycles. The van der Waals surface area contributed by atoms with Crippen molar-refractivity contribution >= 4 is 29.0 Å². The Kier molecular flexibility index (Phi) is 5.34. The number of esters is 1. The number of aryl methyl sites for hydroxylation is 1. The van der Waals surface area contributed by atoms with Gasteiger partial charge >= 0.3 is 5.97 Å². The monoisotopic (exact) mass is 400 g/mol. The maximum Gasteiger partial charge on any atom is 0.379 e. The summed E-state index contributed by atoms with van der Waals surface area (Å²) in [5, 5.41) is 17.4. The number of hydrogen-bond acceptors (Lipinski definition) is 9. The molecular weight excluding hydrogens is 384 g/mol. The maximum absolute atomic E-state index is 12.4. The number of nitro benzene ring substituents is 1. The molecule has 0 spiro atoms. The average molecular weight is 400 g/mol. The third kappa shape index (κ3) is 4.10. The summed E-state index contributed by atoms with van der Waals surface area (Å²) in [6.45, 7) is 3.11. The van der Waals surface area contributed by atoms with E-state index in [2.05, 4.69) is 20.4 Å². The predicted molar refractivity (Wildman–Crippen MR) is 98.7 cm³/mol. The highest BCUT2D eigenvalue weighted by atomic mass is 16.6. The van der Waals surface area contributed by atoms with E-state index < -0.39 is 22.9 Å². The quantitative estimate of drug-likeness (QED) is 0.369. The smallest absolute Gasteiger partial charge is 0.379 e. The molecule has 1 atom stereocenters. The number of anilines is 1. The van der Waals surface area contributed by atoms with Gasteiger partial charge in [0, 0.05) is 24.0 Å². The van der Waals surface area contributed by atoms with Crippen LogP contribution in [0.3, 0.4) is 0 Å². The topological polar surface area (TPSA) is 151 Å². The van der Waals surface area contributed by atoms with E-state index in [9.17, 15) is 19.7 Å². The Morgan fingerprint density at radius 2 is 2.07 bits per heavy atom. The van der Waals surface area contributed by atoms with Crippen LogP contribution in [0.4, 0.5) is 11.4 Å². The van der Waals surface area contributed by atoms with Gasteiger partial charge in [0.1, 0.15) is 5.75 Å². The lowest BCUT2D eigenvalue weighted by Crippen LogP contribution is -2.30. The normalized spacial score (nSPS) is 11.7. The Labute approximate surface area is 163 Å². The highest BCUT2D eigenvalue weighted by Crippen LogP contribution is 2.29. The van der Waals surface area contributed by atoms with Crippen LogP contribution in [-0.2, 0) is 9.53 Å². The molecule has 0 fully saturated rings. The van der Waals surface area contributed by atoms with Gasteiger partial charge in [-0.15, -0.1) is 5.10 Å². The number of nitrogens with zero attached hydrogens (tertiary/aromatic N) is 5. The van der Waals surface area contributed by atoms with Crippen LogP contribution in [0.1, 0.15) is 23.2 Å². The number of benzene rings is 1. The summed E-state index contributed by atoms with van der Waals surface area (Å²) in [7, 11) is 1.35. The molecule has 29 heavy (non-hydrogen) atoms. The third-order valence-electron chi connectivity index (χ3n) is 3.92. The molecule has 0 aliphatic heterocycles. The lowest BCUT2D eigenvalue weighted by molar-refractivity contribution is -0.384. The van der Waals surface area contributed by atoms with E-state index >= 15 is 0 Å². The van der Waals surface area contributed by atoms with E-state index in [1.165, 1.54) is 36.9 Å². The van der Waals surface area contributed by atoms with Crippen molar-refractivity contribution in [2.75, 3.05) is 12.4 Å². The number of nitrogens with one attached hydrogen (secondary N) is 1. The van der Waals surface area contributed by atoms with Crippen molar-refractivity contribution in [3.63, 3.8) is 0 Å². The van der Waals surface area contributed by atoms with Gasteiger partial charge in [0.25, 0.3) is 23.2 Å². The second-order valence-corrected chi connectivity index (χ2v) is 5.91. The Morgan fingerprint density at radius 1 is 1.31 bits per heavy atom. The van der Waals surface area contributed by atoms with Gasteiger partial charge in [0.2, 0.25) is 0 Å². The summed E-state index contributed by atoms with van der Waals surface area (Å²) >= 11 is 0. The number of amides is 1. The summed E-state index contributed by atoms with van der Waals surface area (Å²) in [5.41, 5.74) is 0.549. The highest BCUT2D eigenvalue weighted by molar-refractivity contribution is 5.97. The zero-order chi connectivity index (χ0) is 21.1. The average Bonchev–Trinajstić information content (AvgIpc) is 3.13. The van der Waals surface area contributed by atoms with E-state index in [0.717, 1.165) is 6.07 Å². The predicted octanol–water partition coefficient (Wildman–Crippen LogP) is 1.53. The molecule has 0 saturated heterocycles. The van der Waals surface area contributed by atoms with Crippen LogP contribution in [0.2, 0.25) is 0 Å². The van der Waals surface area contributed by atoms with Crippen LogP contribution in [-0.4, -0.2) is 49.6 Å². The Hall–Kier alpha value is -4.09. The van der Waals surface area contributed by atoms with Gasteiger partial charge in [-0.25, -0.2) is 14.3 Å². The van der Waals surface area contributed by atoms with E-state index in [0.29, 0.717) is 5.69 Å². The summed E-state index contributed by atoms with van der Waals surface area (Å²) < 4.78 is 11.6. The number of aromatic nitrogens is 4. The standard InChI is InChI=1S/C17H16N6O6/c1-9-6-7-18-17-20-14(21-22(9)17)16(25)29-10(2)15(24)19-12-8-11(23(26)27)4-5-13(12)28-3/h4-8,10H,1-3H3,(H,19,24). The van der Waals surface area contributed by atoms with Crippen LogP contribution in [0.15, 0.2) is 30.5 Å². The van der Waals surface area contributed by atoms with Crippen molar-refractivity contribution in [2.24, 2.45) is 0 Å². The van der Waals surface area contributed by atoms with Crippen molar-refractivity contribution < 1.29 is 24.0 Å². The number of non-ortho nitro benzene ring substituents is 1. The van der Waals surface area contributed by atoms with Crippen molar-refractivity contribution in [1.82, 2.24) is 19.6 Å². The van der Waals surface area contributed by atoms with Gasteiger partial charge in [-0.2, -0.15) is 4.98 Å². The molecule has 0 aliphatic carbocycles. The molecule has 1 aromatic carbocycles. The van der Waals surface area contributed by atoms with Crippen LogP contribution in [0, 0.1) is 17.0 Å². The van der Waals surface area contributed by atoms with Gasteiger partial charge in [-0.1, -0.05) is 0 Å². The first-order valence-corrected chi connectivity index (χ1v) is 8.33. The zero-order valence-electron chi connectivity index (χ0n) is 15.6. The molecule has 12 heteroatoms. The third-order valence-corrected chi connectivity index (χ3v) is 3.92. The fraction of sp³-hybridized carbons (Fsp3) is 0.235. The molecule has 3 aromatic rings. The van der Waals surface area contributed by atoms with Crippen LogP contribution in [0.5, 0.6) is 5.75 Å². The summed E-state index contributed by atoms with van der Waals surface area (Å²) in [4.78, 5) is 42.9. The Bertz CT molecular complexity index is 1110. The number of hydrogen-bond donors (Lipinski definition) is 1. The van der Waals surface area contributed by atoms with E-state index in [-0.39, 0.29) is 28.7 Å². The van der Waals surface area contributed by atoms with Crippen LogP contribution >= 0.6 is 0 Å². The molecule has 1 amide bonds. The minimum Gasteiger partial charge on any atom is -0.495 e. The fourth-order valence-corrected chi connectivity index (χ4v) is 2.40. The number of rotatable bonds is 6. The highest BCUT2D eigenvalue weighted by Gasteiger charge is 2.24. The molecule has 0 aliphatic rings. The number of fused-ring (bicyclic) bond motifs is 1. The van der Waals surface area contributed by atoms with Gasteiger partial charge in [0.15, 0.2) is 6.10 Å². The molecule has 0 bridgehead atoms. The van der Waals surface area contributed by atoms with Gasteiger partial charge in [-0.05, 0) is 26.0 Å². The molecular formula is C17H16N6O6. The molecule has 12 nitrogen and oxygen atoms in total. The number of ether oxygens (including phenoxy) is 2. The first kappa shape index (κ1) is 19.7. The van der Waals surface area contributed by atoms with E-state index in [1.807, 2.05) is 0 Å². The zero-order valence-corrected chi connectivity index (χ0v) is 15.6. The molecule has 0 saturated carbocycles. The summed E-state index contributed by atoms with van der Waals surface area (Å²) in [6, 6.07) is 5.42. The SMILES string of the molecule is COc1ccc([N+](=O)[O-])cc1NC(=O)C(C)OC(=O)c1nc2nccc(C)n2n1. The molecule has 1 N–H and O–H groups in total. The van der Waals surface area contributed by atoms with Crippen molar-refractivity contribution in [2.45, 2.75) is 20.0 Å². The Balaban J connectivity index is 1.73. The second kappa shape index (κ2) is 7.88. The van der Waals surface area contributed by atoms with Crippen LogP contribution < -0.4 is 10.1 Å². The van der Waals surface area contributed by atoms with Gasteiger partial charge in [-0.3, -0.25) is 14.9 Å². The summed E-state index contributed by atoms with van der Waals surface area (Å²) in [6.07, 6.45) is 0.295. The first-order valence-electron chi connectivity index (χ1n) is 8.33. The number of carbonyl (C=O) groups is 2. The fourth-order valence-electron chi connectivity index (χ4n) is 2.40. The van der Waals surface area contributed by atoms with Crippen LogP contribution in [0.25, 0.3) is 5.78 Å². The van der Waals surface area contributed by atoms with Crippen molar-refractivity contribution in [3.05, 3.63) is 52.1 Å². The number of nitro groups is 1. The van der Waals surface area contributed by atoms with Gasteiger partial charge in [0.05, 0.1) is 17.7 Å². The number of carbonyl (C=O) groups excluding carboxylic acids is 2. The van der Waals surface area contributed by atoms with Crippen molar-refractivity contribution in [3.8, 4) is 5.75 Å². The first-order chi connectivity index (χ1) is 13.8. The van der Waals surface area contributed by atoms with Gasteiger partial charge < -0.3 is 14.8 Å². The van der Waals surface area contributed by atoms with E-state index in [4.69, 9.17) is 9.47 Å². The lowest BCUT2D eigenvalue weighted by Gasteiger charge is -2.14. The minimum atomic E-state index is -1.23. The second-order valence-electron chi connectivity index (χ2n) is 5.91. The lowest BCUT2D eigenvalue weighted by atomic mass is 10.2. The molecule has 1 unspecified atom stereocenters.